The molecule has 0 saturated carbocycles. The van der Waals surface area contributed by atoms with E-state index in [0.29, 0.717) is 0 Å². The van der Waals surface area contributed by atoms with Crippen LogP contribution in [0.1, 0.15) is 13.8 Å². The van der Waals surface area contributed by atoms with Gasteiger partial charge in [-0.25, -0.2) is 0 Å². The van der Waals surface area contributed by atoms with Gasteiger partial charge in [0, 0.05) is 0 Å². The van der Waals surface area contributed by atoms with E-state index < -0.39 is 46.3 Å². The summed E-state index contributed by atoms with van der Waals surface area (Å²) < 4.78 is 65.0. The van der Waals surface area contributed by atoms with Crippen molar-refractivity contribution >= 4 is 37.7 Å². The fourth-order valence-corrected chi connectivity index (χ4v) is 3.28. The molecule has 0 aliphatic carbocycles. The molecule has 1 saturated heterocycles. The van der Waals surface area contributed by atoms with Crippen molar-refractivity contribution in [2.24, 2.45) is 0 Å². The summed E-state index contributed by atoms with van der Waals surface area (Å²) in [4.78, 5) is 21.8. The Balaban J connectivity index is 3.11. The Labute approximate surface area is 127 Å². The fraction of sp³-hybridized carbons (Fsp3) is 0.800. The minimum atomic E-state index is -4.87. The Morgan fingerprint density at radius 3 is 1.95 bits per heavy atom. The Morgan fingerprint density at radius 1 is 1.10 bits per heavy atom. The Morgan fingerprint density at radius 2 is 1.55 bits per heavy atom. The standard InChI is InChI=1S/C10H11F4O5.Tl/c1-4(15)18-7-6(11)3-17-9(10(12,13)14)8(7)19-5(2)16;/h3,6-9H,1-2H3;. The number of halogens is 4. The number of carbonyl (C=O) groups excluding carboxylic acids is 2. The van der Waals surface area contributed by atoms with Crippen molar-refractivity contribution in [1.82, 2.24) is 0 Å². The molecule has 0 aromatic heterocycles. The van der Waals surface area contributed by atoms with Gasteiger partial charge in [0.05, 0.1) is 0 Å². The number of hydrogen-bond donors (Lipinski definition) is 0. The normalized spacial score (nSPS) is 34.4. The summed E-state index contributed by atoms with van der Waals surface area (Å²) in [5.74, 6) is -2.01. The van der Waals surface area contributed by atoms with E-state index in [0.717, 1.165) is 13.8 Å². The molecule has 1 aliphatic rings. The van der Waals surface area contributed by atoms with Gasteiger partial charge in [0.1, 0.15) is 0 Å². The maximum absolute atomic E-state index is 13.9. The molecule has 0 bridgehead atoms. The molecule has 0 N–H and O–H groups in total. The average molecular weight is 492 g/mol. The molecule has 0 aromatic rings. The van der Waals surface area contributed by atoms with Crippen molar-refractivity contribution in [2.45, 2.75) is 48.2 Å². The topological polar surface area (TPSA) is 61.8 Å². The first-order valence-electron chi connectivity index (χ1n) is 5.50. The van der Waals surface area contributed by atoms with E-state index in [1.54, 1.807) is 0 Å². The monoisotopic (exact) mass is 492 g/mol. The predicted molar refractivity (Wildman–Crippen MR) is 56.5 cm³/mol. The van der Waals surface area contributed by atoms with Crippen molar-refractivity contribution < 1.29 is 41.4 Å². The maximum atomic E-state index is 13.9. The van der Waals surface area contributed by atoms with Crippen LogP contribution in [0.4, 0.5) is 17.6 Å². The van der Waals surface area contributed by atoms with Crippen LogP contribution in [0.3, 0.4) is 0 Å². The van der Waals surface area contributed by atoms with Crippen LogP contribution in [0.2, 0.25) is 0 Å². The third-order valence-electron chi connectivity index (χ3n) is 2.48. The first-order chi connectivity index (χ1) is 9.04. The zero-order valence-electron chi connectivity index (χ0n) is 10.5. The molecular formula is C10H11F4O5Tl. The number of hydrogen-bond acceptors (Lipinski definition) is 5. The first kappa shape index (κ1) is 17.6. The van der Waals surface area contributed by atoms with Crippen LogP contribution in [0, 0.1) is 0 Å². The molecular weight excluding hydrogens is 480 g/mol. The first-order valence-corrected chi connectivity index (χ1v) is 8.09. The van der Waals surface area contributed by atoms with Crippen molar-refractivity contribution in [2.75, 3.05) is 0 Å². The number of alkyl halides is 4. The van der Waals surface area contributed by atoms with E-state index in [4.69, 9.17) is 0 Å². The van der Waals surface area contributed by atoms with Gasteiger partial charge in [-0.2, -0.15) is 0 Å². The summed E-state index contributed by atoms with van der Waals surface area (Å²) in [6.07, 6.45) is -13.2. The molecule has 1 heterocycles. The molecule has 0 amide bonds. The summed E-state index contributed by atoms with van der Waals surface area (Å²) >= 11 is -0.267. The third-order valence-corrected chi connectivity index (χ3v) is 4.52. The molecule has 20 heavy (non-hydrogen) atoms. The minimum absolute atomic E-state index is 0.267. The van der Waals surface area contributed by atoms with E-state index >= 15 is 0 Å². The quantitative estimate of drug-likeness (QED) is 0.323. The van der Waals surface area contributed by atoms with Crippen LogP contribution in [0.25, 0.3) is 0 Å². The second-order valence-electron chi connectivity index (χ2n) is 4.16. The van der Waals surface area contributed by atoms with Crippen LogP contribution < -0.4 is 0 Å². The fourth-order valence-electron chi connectivity index (χ4n) is 1.77. The molecule has 0 spiro atoms. The van der Waals surface area contributed by atoms with Crippen LogP contribution in [0.15, 0.2) is 0 Å². The molecule has 1 aliphatic heterocycles. The number of rotatable bonds is 2. The Hall–Kier alpha value is -0.458. The molecule has 5 unspecified atom stereocenters. The molecule has 1 rings (SSSR count). The molecule has 0 aromatic carbocycles. The van der Waals surface area contributed by atoms with Gasteiger partial charge in [-0.15, -0.1) is 0 Å². The second kappa shape index (κ2) is 6.54. The number of carbonyl (C=O) groups is 2. The number of ether oxygens (including phenoxy) is 3. The summed E-state index contributed by atoms with van der Waals surface area (Å²) in [7, 11) is 0. The van der Waals surface area contributed by atoms with E-state index in [-0.39, 0.29) is 25.8 Å². The van der Waals surface area contributed by atoms with Gasteiger partial charge in [-0.05, 0) is 0 Å². The van der Waals surface area contributed by atoms with E-state index in [1.165, 1.54) is 0 Å². The number of esters is 2. The molecule has 10 heteroatoms. The van der Waals surface area contributed by atoms with Crippen LogP contribution in [-0.2, 0) is 23.8 Å². The van der Waals surface area contributed by atoms with E-state index in [9.17, 15) is 27.2 Å². The van der Waals surface area contributed by atoms with Crippen molar-refractivity contribution in [3.05, 3.63) is 0 Å². The molecule has 5 atom stereocenters. The molecule has 5 nitrogen and oxygen atoms in total. The van der Waals surface area contributed by atoms with E-state index in [2.05, 4.69) is 14.2 Å². The van der Waals surface area contributed by atoms with Gasteiger partial charge in [0.25, 0.3) is 0 Å². The van der Waals surface area contributed by atoms with Crippen molar-refractivity contribution in [3.63, 3.8) is 0 Å². The zero-order valence-corrected chi connectivity index (χ0v) is 15.0. The summed E-state index contributed by atoms with van der Waals surface area (Å²) in [5.41, 5.74) is 0. The second-order valence-corrected chi connectivity index (χ2v) is 6.71. The van der Waals surface area contributed by atoms with Gasteiger partial charge in [-0.3, -0.25) is 0 Å². The van der Waals surface area contributed by atoms with Gasteiger partial charge < -0.3 is 0 Å². The van der Waals surface area contributed by atoms with Crippen molar-refractivity contribution in [3.8, 4) is 0 Å². The molecule has 112 valence electrons. The van der Waals surface area contributed by atoms with Gasteiger partial charge in [0.15, 0.2) is 0 Å². The average Bonchev–Trinajstić information content (AvgIpc) is 2.25. The molecule has 1 fully saturated rings. The van der Waals surface area contributed by atoms with Crippen LogP contribution in [0.5, 0.6) is 0 Å². The summed E-state index contributed by atoms with van der Waals surface area (Å²) in [6.45, 7) is 1.81. The summed E-state index contributed by atoms with van der Waals surface area (Å²) in [6, 6.07) is 0. The molecule has 0 radical (unpaired) electrons. The van der Waals surface area contributed by atoms with Gasteiger partial charge >= 0.3 is 127 Å². The van der Waals surface area contributed by atoms with Crippen LogP contribution in [-0.4, -0.2) is 72.0 Å². The Kier molecular flexibility index (Phi) is 5.75. The summed E-state index contributed by atoms with van der Waals surface area (Å²) in [5, 5.41) is 0. The zero-order chi connectivity index (χ0) is 15.7. The predicted octanol–water partition coefficient (Wildman–Crippen LogP) is 0.644. The third kappa shape index (κ3) is 4.27. The SMILES string of the molecule is CC(=O)OC1C(F)[CH]([Tl])OC(C(F)(F)F)C1OC(C)=O. The van der Waals surface area contributed by atoms with Crippen molar-refractivity contribution in [1.29, 1.82) is 0 Å². The van der Waals surface area contributed by atoms with E-state index in [1.807, 2.05) is 0 Å². The van der Waals surface area contributed by atoms with Crippen LogP contribution >= 0.6 is 0 Å². The van der Waals surface area contributed by atoms with Gasteiger partial charge in [-0.1, -0.05) is 0 Å². The van der Waals surface area contributed by atoms with Gasteiger partial charge in [0.2, 0.25) is 0 Å². The Bertz CT molecular complexity index is 388.